The van der Waals surface area contributed by atoms with E-state index in [1.165, 1.54) is 6.07 Å². The van der Waals surface area contributed by atoms with Crippen LogP contribution < -0.4 is 5.32 Å². The summed E-state index contributed by atoms with van der Waals surface area (Å²) < 4.78 is 26.0. The first-order valence-electron chi connectivity index (χ1n) is 6.54. The number of carbonyl (C=O) groups is 1. The van der Waals surface area contributed by atoms with Crippen LogP contribution in [0.25, 0.3) is 0 Å². The van der Waals surface area contributed by atoms with Gasteiger partial charge in [0.05, 0.1) is 6.10 Å². The van der Waals surface area contributed by atoms with Crippen LogP contribution in [0.1, 0.15) is 37.9 Å². The number of aliphatic hydroxyl groups is 1. The fourth-order valence-electron chi connectivity index (χ4n) is 1.93. The molecule has 0 saturated carbocycles. The molecule has 0 fully saturated rings. The van der Waals surface area contributed by atoms with Crippen molar-refractivity contribution >= 4 is 5.97 Å². The fraction of sp³-hybridized carbons (Fsp3) is 0.500. The highest BCUT2D eigenvalue weighted by Crippen LogP contribution is 2.21. The van der Waals surface area contributed by atoms with E-state index in [-0.39, 0.29) is 12.5 Å². The van der Waals surface area contributed by atoms with E-state index < -0.39 is 23.7 Å². The van der Waals surface area contributed by atoms with Crippen LogP contribution in [-0.2, 0) is 4.79 Å². The van der Waals surface area contributed by atoms with Gasteiger partial charge in [-0.3, -0.25) is 4.79 Å². The summed E-state index contributed by atoms with van der Waals surface area (Å²) in [6.45, 7) is 2.28. The smallest absolute Gasteiger partial charge is 0.303 e. The third-order valence-corrected chi connectivity index (χ3v) is 3.08. The molecule has 1 aromatic carbocycles. The predicted octanol–water partition coefficient (Wildman–Crippen LogP) is 2.23. The van der Waals surface area contributed by atoms with Crippen LogP contribution >= 0.6 is 0 Å². The number of carboxylic acid groups (broad SMARTS) is 1. The Morgan fingerprint density at radius 3 is 2.60 bits per heavy atom. The van der Waals surface area contributed by atoms with Crippen LogP contribution in [0.15, 0.2) is 18.2 Å². The van der Waals surface area contributed by atoms with E-state index in [0.717, 1.165) is 12.1 Å². The Morgan fingerprint density at radius 1 is 1.35 bits per heavy atom. The second-order valence-corrected chi connectivity index (χ2v) is 4.58. The maximum absolute atomic E-state index is 13.1. The molecule has 3 N–H and O–H groups in total. The first-order chi connectivity index (χ1) is 9.45. The zero-order chi connectivity index (χ0) is 15.1. The lowest BCUT2D eigenvalue weighted by molar-refractivity contribution is -0.137. The summed E-state index contributed by atoms with van der Waals surface area (Å²) in [5.41, 5.74) is 0.293. The molecule has 20 heavy (non-hydrogen) atoms. The molecular weight excluding hydrogens is 268 g/mol. The summed E-state index contributed by atoms with van der Waals surface area (Å²) in [4.78, 5) is 10.4. The van der Waals surface area contributed by atoms with Gasteiger partial charge in [-0.05, 0) is 37.1 Å². The van der Waals surface area contributed by atoms with E-state index in [4.69, 9.17) is 5.11 Å². The second kappa shape index (κ2) is 7.91. The Morgan fingerprint density at radius 2 is 2.05 bits per heavy atom. The normalized spacial score (nSPS) is 14.0. The molecule has 0 radical (unpaired) electrons. The van der Waals surface area contributed by atoms with Crippen molar-refractivity contribution in [3.05, 3.63) is 35.4 Å². The molecule has 0 aliphatic rings. The Bertz CT molecular complexity index is 454. The second-order valence-electron chi connectivity index (χ2n) is 4.58. The SMILES string of the molecule is CCC(NCCCC(=O)O)C(O)c1ccc(F)c(F)c1. The predicted molar refractivity (Wildman–Crippen MR) is 70.3 cm³/mol. The number of benzene rings is 1. The lowest BCUT2D eigenvalue weighted by Gasteiger charge is -2.23. The molecule has 2 atom stereocenters. The van der Waals surface area contributed by atoms with E-state index in [1.54, 1.807) is 0 Å². The third-order valence-electron chi connectivity index (χ3n) is 3.08. The summed E-state index contributed by atoms with van der Waals surface area (Å²) in [7, 11) is 0. The maximum atomic E-state index is 13.1. The molecular formula is C14H19F2NO3. The summed E-state index contributed by atoms with van der Waals surface area (Å²) in [5.74, 6) is -2.83. The van der Waals surface area contributed by atoms with Gasteiger partial charge in [-0.25, -0.2) is 8.78 Å². The van der Waals surface area contributed by atoms with Gasteiger partial charge >= 0.3 is 5.97 Å². The van der Waals surface area contributed by atoms with Gasteiger partial charge in [0.15, 0.2) is 11.6 Å². The number of nitrogens with one attached hydrogen (secondary N) is 1. The van der Waals surface area contributed by atoms with Crippen molar-refractivity contribution in [2.24, 2.45) is 0 Å². The lowest BCUT2D eigenvalue weighted by atomic mass is 10.00. The first-order valence-corrected chi connectivity index (χ1v) is 6.54. The van der Waals surface area contributed by atoms with Crippen LogP contribution in [0.3, 0.4) is 0 Å². The quantitative estimate of drug-likeness (QED) is 0.641. The molecule has 0 aliphatic carbocycles. The van der Waals surface area contributed by atoms with Crippen LogP contribution in [-0.4, -0.2) is 28.8 Å². The van der Waals surface area contributed by atoms with Crippen LogP contribution in [0.4, 0.5) is 8.78 Å². The van der Waals surface area contributed by atoms with Gasteiger partial charge in [-0.1, -0.05) is 13.0 Å². The van der Waals surface area contributed by atoms with Gasteiger partial charge in [0.1, 0.15) is 0 Å². The van der Waals surface area contributed by atoms with Crippen LogP contribution in [0.5, 0.6) is 0 Å². The molecule has 6 heteroatoms. The highest BCUT2D eigenvalue weighted by molar-refractivity contribution is 5.66. The first kappa shape index (κ1) is 16.5. The number of carboxylic acids is 1. The van der Waals surface area contributed by atoms with Gasteiger partial charge in [0, 0.05) is 12.5 Å². The van der Waals surface area contributed by atoms with E-state index in [0.29, 0.717) is 24.9 Å². The minimum Gasteiger partial charge on any atom is -0.481 e. The fourth-order valence-corrected chi connectivity index (χ4v) is 1.93. The minimum atomic E-state index is -0.998. The van der Waals surface area contributed by atoms with Crippen molar-refractivity contribution in [3.63, 3.8) is 0 Å². The molecule has 0 heterocycles. The number of hydrogen-bond donors (Lipinski definition) is 3. The maximum Gasteiger partial charge on any atom is 0.303 e. The molecule has 0 bridgehead atoms. The van der Waals surface area contributed by atoms with Gasteiger partial charge in [0.2, 0.25) is 0 Å². The highest BCUT2D eigenvalue weighted by Gasteiger charge is 2.20. The molecule has 1 rings (SSSR count). The van der Waals surface area contributed by atoms with E-state index in [1.807, 2.05) is 6.92 Å². The highest BCUT2D eigenvalue weighted by atomic mass is 19.2. The molecule has 0 aromatic heterocycles. The number of halogens is 2. The molecule has 4 nitrogen and oxygen atoms in total. The Kier molecular flexibility index (Phi) is 6.54. The molecule has 0 aliphatic heterocycles. The third kappa shape index (κ3) is 4.86. The Hall–Kier alpha value is -1.53. The molecule has 0 spiro atoms. The molecule has 0 saturated heterocycles. The number of aliphatic carboxylic acids is 1. The van der Waals surface area contributed by atoms with Crippen molar-refractivity contribution in [2.45, 2.75) is 38.3 Å². The molecule has 112 valence electrons. The molecule has 1 aromatic rings. The zero-order valence-corrected chi connectivity index (χ0v) is 11.3. The van der Waals surface area contributed by atoms with Gasteiger partial charge in [0.25, 0.3) is 0 Å². The van der Waals surface area contributed by atoms with E-state index >= 15 is 0 Å². The van der Waals surface area contributed by atoms with Crippen molar-refractivity contribution in [2.75, 3.05) is 6.54 Å². The Balaban J connectivity index is 2.59. The standard InChI is InChI=1S/C14H19F2NO3/c1-2-12(17-7-3-4-13(18)19)14(20)9-5-6-10(15)11(16)8-9/h5-6,8,12,14,17,20H,2-4,7H2,1H3,(H,18,19). The molecule has 0 amide bonds. The van der Waals surface area contributed by atoms with Crippen molar-refractivity contribution in [3.8, 4) is 0 Å². The topological polar surface area (TPSA) is 69.6 Å². The van der Waals surface area contributed by atoms with Gasteiger partial charge in [-0.15, -0.1) is 0 Å². The van der Waals surface area contributed by atoms with Crippen molar-refractivity contribution < 1.29 is 23.8 Å². The largest absolute Gasteiger partial charge is 0.481 e. The summed E-state index contributed by atoms with van der Waals surface area (Å²) in [6.07, 6.45) is 0.0915. The number of rotatable bonds is 8. The Labute approximate surface area is 116 Å². The zero-order valence-electron chi connectivity index (χ0n) is 11.3. The minimum absolute atomic E-state index is 0.0463. The average molecular weight is 287 g/mol. The van der Waals surface area contributed by atoms with E-state index in [9.17, 15) is 18.7 Å². The summed E-state index contributed by atoms with van der Waals surface area (Å²) in [6, 6.07) is 2.95. The lowest BCUT2D eigenvalue weighted by Crippen LogP contribution is -2.35. The van der Waals surface area contributed by atoms with E-state index in [2.05, 4.69) is 5.32 Å². The van der Waals surface area contributed by atoms with Gasteiger partial charge in [-0.2, -0.15) is 0 Å². The van der Waals surface area contributed by atoms with Crippen LogP contribution in [0, 0.1) is 11.6 Å². The number of hydrogen-bond acceptors (Lipinski definition) is 3. The summed E-state index contributed by atoms with van der Waals surface area (Å²) >= 11 is 0. The summed E-state index contributed by atoms with van der Waals surface area (Å²) in [5, 5.41) is 21.7. The van der Waals surface area contributed by atoms with Gasteiger partial charge < -0.3 is 15.5 Å². The van der Waals surface area contributed by atoms with Crippen LogP contribution in [0.2, 0.25) is 0 Å². The van der Waals surface area contributed by atoms with Crippen molar-refractivity contribution in [1.82, 2.24) is 5.32 Å². The average Bonchev–Trinajstić information content (AvgIpc) is 2.41. The monoisotopic (exact) mass is 287 g/mol. The molecule has 2 unspecified atom stereocenters. The van der Waals surface area contributed by atoms with Crippen molar-refractivity contribution in [1.29, 1.82) is 0 Å². The number of aliphatic hydroxyl groups excluding tert-OH is 1.